The molecule has 0 spiro atoms. The van der Waals surface area contributed by atoms with Gasteiger partial charge in [0.1, 0.15) is 0 Å². The molecule has 0 atom stereocenters. The Morgan fingerprint density at radius 1 is 1.47 bits per heavy atom. The molecule has 0 aliphatic rings. The molecule has 0 saturated carbocycles. The predicted molar refractivity (Wildman–Crippen MR) is 70.8 cm³/mol. The number of nitrogens with one attached hydrogen (secondary N) is 1. The maximum atomic E-state index is 4.58. The van der Waals surface area contributed by atoms with Crippen molar-refractivity contribution in [2.24, 2.45) is 0 Å². The van der Waals surface area contributed by atoms with Gasteiger partial charge >= 0.3 is 0 Å². The number of hydrogen-bond acceptors (Lipinski definition) is 3. The second-order valence-corrected chi connectivity index (χ2v) is 5.46. The molecular weight excluding hydrogens is 272 g/mol. The smallest absolute Gasteiger partial charge is 0.183 e. The molecule has 2 nitrogen and oxygen atoms in total. The van der Waals surface area contributed by atoms with E-state index in [2.05, 4.69) is 52.2 Å². The van der Waals surface area contributed by atoms with E-state index in [0.717, 1.165) is 28.1 Å². The van der Waals surface area contributed by atoms with E-state index in [4.69, 9.17) is 0 Å². The first-order valence-electron chi connectivity index (χ1n) is 5.01. The molecule has 0 radical (unpaired) electrons. The summed E-state index contributed by atoms with van der Waals surface area (Å²) in [4.78, 5) is 4.58. The molecule has 0 bridgehead atoms. The molecule has 0 aliphatic carbocycles. The standard InChI is InChI=1S/C11H13BrN2S/c1-3-4-13-11-14-10-7(2)5-8(12)6-9(10)15-11/h5-6H,3-4H2,1-2H3,(H,13,14). The number of halogens is 1. The Hall–Kier alpha value is -0.610. The lowest BCUT2D eigenvalue weighted by atomic mass is 10.2. The number of thiazole rings is 1. The minimum absolute atomic E-state index is 0.986. The first-order valence-corrected chi connectivity index (χ1v) is 6.62. The second kappa shape index (κ2) is 4.49. The molecule has 15 heavy (non-hydrogen) atoms. The molecular formula is C11H13BrN2S. The van der Waals surface area contributed by atoms with Gasteiger partial charge in [-0.2, -0.15) is 0 Å². The highest BCUT2D eigenvalue weighted by Crippen LogP contribution is 2.30. The number of nitrogens with zero attached hydrogens (tertiary/aromatic N) is 1. The molecule has 1 aromatic carbocycles. The van der Waals surface area contributed by atoms with Crippen molar-refractivity contribution in [3.05, 3.63) is 22.2 Å². The lowest BCUT2D eigenvalue weighted by Gasteiger charge is -1.96. The molecule has 0 amide bonds. The monoisotopic (exact) mass is 284 g/mol. The van der Waals surface area contributed by atoms with Gasteiger partial charge in [-0.15, -0.1) is 0 Å². The van der Waals surface area contributed by atoms with Crippen LogP contribution in [0.4, 0.5) is 5.13 Å². The van der Waals surface area contributed by atoms with Gasteiger partial charge in [-0.1, -0.05) is 34.2 Å². The Bertz CT molecular complexity index is 479. The Balaban J connectivity index is 2.41. The number of aryl methyl sites for hydroxylation is 1. The van der Waals surface area contributed by atoms with E-state index in [1.54, 1.807) is 11.3 Å². The Morgan fingerprint density at radius 2 is 2.27 bits per heavy atom. The maximum Gasteiger partial charge on any atom is 0.183 e. The molecule has 0 unspecified atom stereocenters. The highest BCUT2D eigenvalue weighted by Gasteiger charge is 2.06. The lowest BCUT2D eigenvalue weighted by Crippen LogP contribution is -1.98. The molecule has 0 saturated heterocycles. The first-order chi connectivity index (χ1) is 7.20. The van der Waals surface area contributed by atoms with Crippen molar-refractivity contribution in [1.82, 2.24) is 4.98 Å². The fourth-order valence-electron chi connectivity index (χ4n) is 1.46. The molecule has 2 rings (SSSR count). The van der Waals surface area contributed by atoms with Crippen molar-refractivity contribution in [1.29, 1.82) is 0 Å². The number of anilines is 1. The van der Waals surface area contributed by atoms with Gasteiger partial charge in [0.2, 0.25) is 0 Å². The molecule has 1 heterocycles. The van der Waals surface area contributed by atoms with Crippen molar-refractivity contribution >= 4 is 42.6 Å². The fraction of sp³-hybridized carbons (Fsp3) is 0.364. The number of hydrogen-bond donors (Lipinski definition) is 1. The summed E-state index contributed by atoms with van der Waals surface area (Å²) < 4.78 is 2.36. The van der Waals surface area contributed by atoms with Crippen LogP contribution in [0.2, 0.25) is 0 Å². The van der Waals surface area contributed by atoms with Crippen LogP contribution in [0.5, 0.6) is 0 Å². The van der Waals surface area contributed by atoms with Crippen LogP contribution in [0.15, 0.2) is 16.6 Å². The van der Waals surface area contributed by atoms with Gasteiger partial charge < -0.3 is 5.32 Å². The van der Waals surface area contributed by atoms with Crippen molar-refractivity contribution < 1.29 is 0 Å². The third-order valence-electron chi connectivity index (χ3n) is 2.18. The van der Waals surface area contributed by atoms with Crippen LogP contribution in [0, 0.1) is 6.92 Å². The minimum atomic E-state index is 0.986. The summed E-state index contributed by atoms with van der Waals surface area (Å²) in [6.07, 6.45) is 1.12. The van der Waals surface area contributed by atoms with Gasteiger partial charge in [0.15, 0.2) is 5.13 Å². The van der Waals surface area contributed by atoms with E-state index in [1.807, 2.05) is 0 Å². The molecule has 0 fully saturated rings. The van der Waals surface area contributed by atoms with Crippen LogP contribution in [-0.4, -0.2) is 11.5 Å². The summed E-state index contributed by atoms with van der Waals surface area (Å²) >= 11 is 5.22. The van der Waals surface area contributed by atoms with Crippen LogP contribution in [0.25, 0.3) is 10.2 Å². The van der Waals surface area contributed by atoms with E-state index >= 15 is 0 Å². The zero-order valence-electron chi connectivity index (χ0n) is 8.80. The van der Waals surface area contributed by atoms with Gasteiger partial charge in [-0.05, 0) is 31.0 Å². The van der Waals surface area contributed by atoms with Crippen LogP contribution in [0.1, 0.15) is 18.9 Å². The van der Waals surface area contributed by atoms with Crippen LogP contribution < -0.4 is 5.32 Å². The van der Waals surface area contributed by atoms with Gasteiger partial charge in [-0.3, -0.25) is 0 Å². The second-order valence-electron chi connectivity index (χ2n) is 3.52. The summed E-state index contributed by atoms with van der Waals surface area (Å²) in [7, 11) is 0. The van der Waals surface area contributed by atoms with Crippen molar-refractivity contribution in [2.75, 3.05) is 11.9 Å². The van der Waals surface area contributed by atoms with Gasteiger partial charge in [0, 0.05) is 11.0 Å². The van der Waals surface area contributed by atoms with Crippen molar-refractivity contribution in [2.45, 2.75) is 20.3 Å². The first kappa shape index (κ1) is 10.9. The normalized spacial score (nSPS) is 10.9. The summed E-state index contributed by atoms with van der Waals surface area (Å²) in [5, 5.41) is 4.34. The van der Waals surface area contributed by atoms with E-state index < -0.39 is 0 Å². The molecule has 80 valence electrons. The van der Waals surface area contributed by atoms with Gasteiger partial charge in [-0.25, -0.2) is 4.98 Å². The Kier molecular flexibility index (Phi) is 3.26. The van der Waals surface area contributed by atoms with E-state index in [1.165, 1.54) is 10.3 Å². The third-order valence-corrected chi connectivity index (χ3v) is 3.59. The number of fused-ring (bicyclic) bond motifs is 1. The summed E-state index contributed by atoms with van der Waals surface area (Å²) in [5.74, 6) is 0. The largest absolute Gasteiger partial charge is 0.361 e. The van der Waals surface area contributed by atoms with Gasteiger partial charge in [0.25, 0.3) is 0 Å². The Morgan fingerprint density at radius 3 is 3.00 bits per heavy atom. The van der Waals surface area contributed by atoms with E-state index in [9.17, 15) is 0 Å². The Labute approximate surface area is 102 Å². The molecule has 1 N–H and O–H groups in total. The fourth-order valence-corrected chi connectivity index (χ4v) is 3.19. The summed E-state index contributed by atoms with van der Waals surface area (Å²) in [6.45, 7) is 5.23. The predicted octanol–water partition coefficient (Wildman–Crippen LogP) is 4.19. The highest BCUT2D eigenvalue weighted by molar-refractivity contribution is 9.10. The molecule has 0 aliphatic heterocycles. The topological polar surface area (TPSA) is 24.9 Å². The van der Waals surface area contributed by atoms with Crippen LogP contribution in [0.3, 0.4) is 0 Å². The number of rotatable bonds is 3. The van der Waals surface area contributed by atoms with Crippen molar-refractivity contribution in [3.8, 4) is 0 Å². The number of aromatic nitrogens is 1. The molecule has 1 aromatic heterocycles. The van der Waals surface area contributed by atoms with E-state index in [0.29, 0.717) is 0 Å². The van der Waals surface area contributed by atoms with Crippen LogP contribution in [-0.2, 0) is 0 Å². The zero-order chi connectivity index (χ0) is 10.8. The average Bonchev–Trinajstić information content (AvgIpc) is 2.57. The SMILES string of the molecule is CCCNc1nc2c(C)cc(Br)cc2s1. The lowest BCUT2D eigenvalue weighted by molar-refractivity contribution is 0.977. The highest BCUT2D eigenvalue weighted by atomic mass is 79.9. The van der Waals surface area contributed by atoms with Crippen LogP contribution >= 0.6 is 27.3 Å². The van der Waals surface area contributed by atoms with E-state index in [-0.39, 0.29) is 0 Å². The van der Waals surface area contributed by atoms with Gasteiger partial charge in [0.05, 0.1) is 10.2 Å². The average molecular weight is 285 g/mol. The molecule has 4 heteroatoms. The quantitative estimate of drug-likeness (QED) is 0.914. The zero-order valence-corrected chi connectivity index (χ0v) is 11.2. The number of benzene rings is 1. The summed E-state index contributed by atoms with van der Waals surface area (Å²) in [5.41, 5.74) is 2.34. The minimum Gasteiger partial charge on any atom is -0.361 e. The third kappa shape index (κ3) is 2.32. The summed E-state index contributed by atoms with van der Waals surface area (Å²) in [6, 6.07) is 4.22. The maximum absolute atomic E-state index is 4.58. The van der Waals surface area contributed by atoms with Crippen molar-refractivity contribution in [3.63, 3.8) is 0 Å². The molecule has 2 aromatic rings.